The van der Waals surface area contributed by atoms with E-state index in [4.69, 9.17) is 0 Å². The van der Waals surface area contributed by atoms with Crippen LogP contribution >= 0.6 is 23.1 Å². The van der Waals surface area contributed by atoms with E-state index in [0.29, 0.717) is 27.3 Å². The summed E-state index contributed by atoms with van der Waals surface area (Å²) in [6.45, 7) is 2.23. The van der Waals surface area contributed by atoms with E-state index >= 15 is 0 Å². The second-order valence-corrected chi connectivity index (χ2v) is 8.77. The van der Waals surface area contributed by atoms with Crippen molar-refractivity contribution in [2.24, 2.45) is 0 Å². The molecule has 1 amide bonds. The third-order valence-corrected chi connectivity index (χ3v) is 6.64. The number of amides is 1. The van der Waals surface area contributed by atoms with Gasteiger partial charge in [0.2, 0.25) is 0 Å². The molecular formula is C22H19N5O3S2. The van der Waals surface area contributed by atoms with Crippen molar-refractivity contribution in [1.29, 1.82) is 0 Å². The van der Waals surface area contributed by atoms with E-state index in [1.165, 1.54) is 46.4 Å². The van der Waals surface area contributed by atoms with Gasteiger partial charge in [0.25, 0.3) is 11.6 Å². The average Bonchev–Trinajstić information content (AvgIpc) is 3.47. The van der Waals surface area contributed by atoms with Crippen molar-refractivity contribution < 1.29 is 9.72 Å². The first kappa shape index (κ1) is 21.7. The topological polar surface area (TPSA) is 103 Å². The van der Waals surface area contributed by atoms with Gasteiger partial charge in [-0.1, -0.05) is 42.1 Å². The molecule has 10 heteroatoms. The van der Waals surface area contributed by atoms with Crippen molar-refractivity contribution >= 4 is 34.7 Å². The summed E-state index contributed by atoms with van der Waals surface area (Å²) in [5.74, 6) is 1.04. The molecule has 4 aromatic rings. The Bertz CT molecular complexity index is 1240. The zero-order chi connectivity index (χ0) is 22.5. The number of thiophene rings is 1. The molecule has 0 aliphatic heterocycles. The predicted molar refractivity (Wildman–Crippen MR) is 124 cm³/mol. The fraction of sp³-hybridized carbons (Fsp3) is 0.136. The van der Waals surface area contributed by atoms with Crippen molar-refractivity contribution in [2.75, 3.05) is 0 Å². The lowest BCUT2D eigenvalue weighted by Crippen LogP contribution is -2.23. The molecule has 2 heterocycles. The Morgan fingerprint density at radius 2 is 1.91 bits per heavy atom. The number of hydrogen-bond donors (Lipinski definition) is 1. The molecule has 32 heavy (non-hydrogen) atoms. The Kier molecular flexibility index (Phi) is 6.62. The van der Waals surface area contributed by atoms with Gasteiger partial charge in [0.1, 0.15) is 0 Å². The second kappa shape index (κ2) is 9.75. The number of rotatable bonds is 8. The number of non-ortho nitro benzene ring substituents is 1. The van der Waals surface area contributed by atoms with Gasteiger partial charge in [-0.25, -0.2) is 0 Å². The molecule has 0 unspecified atom stereocenters. The van der Waals surface area contributed by atoms with Gasteiger partial charge in [0, 0.05) is 23.6 Å². The van der Waals surface area contributed by atoms with Crippen LogP contribution in [0.4, 0.5) is 5.69 Å². The van der Waals surface area contributed by atoms with Crippen molar-refractivity contribution in [3.63, 3.8) is 0 Å². The lowest BCUT2D eigenvalue weighted by atomic mass is 10.1. The Labute approximate surface area is 192 Å². The van der Waals surface area contributed by atoms with Crippen LogP contribution in [0.1, 0.15) is 26.6 Å². The predicted octanol–water partition coefficient (Wildman–Crippen LogP) is 4.77. The van der Waals surface area contributed by atoms with E-state index in [0.717, 1.165) is 0 Å². The molecule has 0 aliphatic rings. The summed E-state index contributed by atoms with van der Waals surface area (Å²) >= 11 is 2.88. The van der Waals surface area contributed by atoms with Gasteiger partial charge in [0.05, 0.1) is 16.3 Å². The molecule has 8 nitrogen and oxygen atoms in total. The summed E-state index contributed by atoms with van der Waals surface area (Å²) in [5, 5.41) is 25.0. The summed E-state index contributed by atoms with van der Waals surface area (Å²) < 4.78 is 1.82. The van der Waals surface area contributed by atoms with Gasteiger partial charge in [-0.3, -0.25) is 19.5 Å². The fourth-order valence-electron chi connectivity index (χ4n) is 3.06. The number of thioether (sulfide) groups is 1. The summed E-state index contributed by atoms with van der Waals surface area (Å²) in [4.78, 5) is 23.6. The maximum Gasteiger partial charge on any atom is 0.269 e. The molecule has 0 atom stereocenters. The van der Waals surface area contributed by atoms with Crippen molar-refractivity contribution in [3.8, 4) is 5.69 Å². The molecular weight excluding hydrogens is 446 g/mol. The molecule has 0 fully saturated rings. The number of aromatic nitrogens is 3. The lowest BCUT2D eigenvalue weighted by Gasteiger charge is -2.11. The van der Waals surface area contributed by atoms with Crippen LogP contribution in [0.2, 0.25) is 0 Å². The normalized spacial score (nSPS) is 10.8. The van der Waals surface area contributed by atoms with Gasteiger partial charge < -0.3 is 5.32 Å². The third kappa shape index (κ3) is 4.87. The number of carbonyl (C=O) groups excluding carboxylic acids is 1. The van der Waals surface area contributed by atoms with Crippen LogP contribution in [0.25, 0.3) is 5.69 Å². The van der Waals surface area contributed by atoms with E-state index in [1.54, 1.807) is 18.2 Å². The summed E-state index contributed by atoms with van der Waals surface area (Å²) in [6, 6.07) is 17.9. The molecule has 162 valence electrons. The van der Waals surface area contributed by atoms with Gasteiger partial charge in [-0.05, 0) is 41.6 Å². The first-order chi connectivity index (χ1) is 15.5. The fourth-order valence-corrected chi connectivity index (χ4v) is 4.75. The van der Waals surface area contributed by atoms with E-state index in [9.17, 15) is 14.9 Å². The summed E-state index contributed by atoms with van der Waals surface area (Å²) in [7, 11) is 0. The quantitative estimate of drug-likeness (QED) is 0.228. The SMILES string of the molecule is Cc1ccccc1CSc1nnc(CNC(=O)c2cccs2)n1-c1ccc([N+](=O)[O-])cc1. The van der Waals surface area contributed by atoms with E-state index in [2.05, 4.69) is 34.6 Å². The molecule has 2 aromatic carbocycles. The highest BCUT2D eigenvalue weighted by Crippen LogP contribution is 2.27. The number of nitro benzene ring substituents is 1. The number of carbonyl (C=O) groups is 1. The maximum absolute atomic E-state index is 12.4. The zero-order valence-corrected chi connectivity index (χ0v) is 18.7. The van der Waals surface area contributed by atoms with Gasteiger partial charge in [-0.2, -0.15) is 0 Å². The van der Waals surface area contributed by atoms with Crippen molar-refractivity contribution in [1.82, 2.24) is 20.1 Å². The molecule has 2 aromatic heterocycles. The number of benzene rings is 2. The number of nitrogens with one attached hydrogen (secondary N) is 1. The minimum atomic E-state index is -0.439. The van der Waals surface area contributed by atoms with Crippen LogP contribution in [0.3, 0.4) is 0 Å². The minimum Gasteiger partial charge on any atom is -0.344 e. The second-order valence-electron chi connectivity index (χ2n) is 6.88. The Morgan fingerprint density at radius 1 is 1.12 bits per heavy atom. The highest BCUT2D eigenvalue weighted by atomic mass is 32.2. The first-order valence-electron chi connectivity index (χ1n) is 9.71. The van der Waals surface area contributed by atoms with Gasteiger partial charge in [0.15, 0.2) is 11.0 Å². The third-order valence-electron chi connectivity index (χ3n) is 4.79. The van der Waals surface area contributed by atoms with Crippen molar-refractivity contribution in [2.45, 2.75) is 24.4 Å². The lowest BCUT2D eigenvalue weighted by molar-refractivity contribution is -0.384. The van der Waals surface area contributed by atoms with Crippen LogP contribution in [-0.2, 0) is 12.3 Å². The molecule has 0 saturated carbocycles. The van der Waals surface area contributed by atoms with Gasteiger partial charge in [-0.15, -0.1) is 21.5 Å². The number of hydrogen-bond acceptors (Lipinski definition) is 7. The van der Waals surface area contributed by atoms with E-state index in [-0.39, 0.29) is 18.1 Å². The van der Waals surface area contributed by atoms with Crippen molar-refractivity contribution in [3.05, 3.63) is 98.0 Å². The van der Waals surface area contributed by atoms with E-state index < -0.39 is 4.92 Å². The molecule has 0 aliphatic carbocycles. The van der Waals surface area contributed by atoms with Crippen LogP contribution in [0, 0.1) is 17.0 Å². The number of nitro groups is 1. The largest absolute Gasteiger partial charge is 0.344 e. The maximum atomic E-state index is 12.4. The van der Waals surface area contributed by atoms with Crippen LogP contribution < -0.4 is 5.32 Å². The molecule has 1 N–H and O–H groups in total. The average molecular weight is 466 g/mol. The molecule has 0 radical (unpaired) electrons. The van der Waals surface area contributed by atoms with Crippen LogP contribution in [0.5, 0.6) is 0 Å². The molecule has 0 saturated heterocycles. The Hall–Kier alpha value is -3.50. The zero-order valence-electron chi connectivity index (χ0n) is 17.1. The molecule has 0 spiro atoms. The number of aryl methyl sites for hydroxylation is 1. The number of nitrogens with zero attached hydrogens (tertiary/aromatic N) is 4. The Morgan fingerprint density at radius 3 is 2.59 bits per heavy atom. The minimum absolute atomic E-state index is 0.00323. The molecule has 4 rings (SSSR count). The standard InChI is InChI=1S/C22H19N5O3S2/c1-15-5-2-3-6-16(15)14-32-22-25-24-20(13-23-21(28)19-7-4-12-31-19)26(22)17-8-10-18(11-9-17)27(29)30/h2-12H,13-14H2,1H3,(H,23,28). The highest BCUT2D eigenvalue weighted by molar-refractivity contribution is 7.98. The van der Waals surface area contributed by atoms with Crippen LogP contribution in [0.15, 0.2) is 71.2 Å². The summed E-state index contributed by atoms with van der Waals surface area (Å²) in [5.41, 5.74) is 3.06. The smallest absolute Gasteiger partial charge is 0.269 e. The van der Waals surface area contributed by atoms with E-state index in [1.807, 2.05) is 28.1 Å². The monoisotopic (exact) mass is 465 g/mol. The van der Waals surface area contributed by atoms with Crippen LogP contribution in [-0.4, -0.2) is 25.6 Å². The molecule has 0 bridgehead atoms. The van der Waals surface area contributed by atoms with Gasteiger partial charge >= 0.3 is 0 Å². The Balaban J connectivity index is 1.61. The summed E-state index contributed by atoms with van der Waals surface area (Å²) in [6.07, 6.45) is 0. The highest BCUT2D eigenvalue weighted by Gasteiger charge is 2.17. The first-order valence-corrected chi connectivity index (χ1v) is 11.6.